The number of rotatable bonds is 5. The summed E-state index contributed by atoms with van der Waals surface area (Å²) in [4.78, 5) is 0.169. The van der Waals surface area contributed by atoms with Gasteiger partial charge in [0, 0.05) is 6.54 Å². The van der Waals surface area contributed by atoms with Crippen LogP contribution in [0.1, 0.15) is 38.2 Å². The van der Waals surface area contributed by atoms with Crippen molar-refractivity contribution >= 4 is 10.0 Å². The Morgan fingerprint density at radius 1 is 1.15 bits per heavy atom. The van der Waals surface area contributed by atoms with Crippen LogP contribution in [0.15, 0.2) is 29.2 Å². The summed E-state index contributed by atoms with van der Waals surface area (Å²) in [6.07, 6.45) is 5.32. The molecule has 0 bridgehead atoms. The summed E-state index contributed by atoms with van der Waals surface area (Å²) in [7, 11) is -3.58. The minimum atomic E-state index is -3.58. The van der Waals surface area contributed by atoms with E-state index in [9.17, 15) is 8.42 Å². The maximum absolute atomic E-state index is 11.2. The molecule has 2 rings (SSSR count). The van der Waals surface area contributed by atoms with Crippen molar-refractivity contribution in [3.05, 3.63) is 29.8 Å². The first-order valence-corrected chi connectivity index (χ1v) is 8.82. The normalized spacial score (nSPS) is 23.7. The summed E-state index contributed by atoms with van der Waals surface area (Å²) in [6.45, 7) is 4.15. The predicted octanol–water partition coefficient (Wildman–Crippen LogP) is 2.25. The van der Waals surface area contributed by atoms with Crippen LogP contribution in [0.25, 0.3) is 0 Å². The maximum Gasteiger partial charge on any atom is 0.238 e. The average molecular weight is 296 g/mol. The lowest BCUT2D eigenvalue weighted by atomic mass is 9.83. The minimum absolute atomic E-state index is 0.169. The zero-order valence-corrected chi connectivity index (χ0v) is 12.8. The molecule has 1 aromatic rings. The molecule has 1 aliphatic rings. The molecule has 0 spiro atoms. The van der Waals surface area contributed by atoms with Gasteiger partial charge in [-0.05, 0) is 48.9 Å². The lowest BCUT2D eigenvalue weighted by molar-refractivity contribution is 0.281. The number of primary sulfonamides is 1. The fourth-order valence-electron chi connectivity index (χ4n) is 2.75. The van der Waals surface area contributed by atoms with E-state index < -0.39 is 10.0 Å². The van der Waals surface area contributed by atoms with E-state index in [1.165, 1.54) is 25.7 Å². The highest BCUT2D eigenvalue weighted by atomic mass is 32.2. The van der Waals surface area contributed by atoms with Gasteiger partial charge in [0.25, 0.3) is 0 Å². The van der Waals surface area contributed by atoms with Crippen molar-refractivity contribution in [1.82, 2.24) is 5.32 Å². The average Bonchev–Trinajstić information content (AvgIpc) is 2.41. The monoisotopic (exact) mass is 296 g/mol. The molecule has 0 amide bonds. The first-order chi connectivity index (χ1) is 9.45. The molecule has 112 valence electrons. The zero-order valence-electron chi connectivity index (χ0n) is 12.0. The number of nitrogens with two attached hydrogens (primary N) is 1. The molecule has 0 heterocycles. The number of hydrogen-bond acceptors (Lipinski definition) is 3. The third kappa shape index (κ3) is 4.58. The summed E-state index contributed by atoms with van der Waals surface area (Å²) < 4.78 is 22.3. The molecule has 1 aromatic carbocycles. The third-order valence-corrected chi connectivity index (χ3v) is 5.08. The van der Waals surface area contributed by atoms with E-state index in [-0.39, 0.29) is 4.90 Å². The van der Waals surface area contributed by atoms with E-state index in [1.54, 1.807) is 12.1 Å². The number of nitrogens with one attached hydrogen (secondary N) is 1. The number of hydrogen-bond donors (Lipinski definition) is 2. The van der Waals surface area contributed by atoms with Crippen LogP contribution in [0.3, 0.4) is 0 Å². The standard InChI is InChI=1S/C15H24N2O2S/c1-12-2-4-13(5-3-12)10-17-11-14-6-8-15(9-7-14)20(16,18)19/h6-9,12-13,17H,2-5,10-11H2,1H3,(H2,16,18,19). The van der Waals surface area contributed by atoms with E-state index in [1.807, 2.05) is 12.1 Å². The molecule has 3 N–H and O–H groups in total. The van der Waals surface area contributed by atoms with Gasteiger partial charge in [-0.15, -0.1) is 0 Å². The van der Waals surface area contributed by atoms with Crippen molar-refractivity contribution in [3.8, 4) is 0 Å². The van der Waals surface area contributed by atoms with E-state index in [0.717, 1.165) is 30.5 Å². The molecule has 1 aliphatic carbocycles. The SMILES string of the molecule is CC1CCC(CNCc2ccc(S(N)(=O)=O)cc2)CC1. The van der Waals surface area contributed by atoms with Crippen LogP contribution < -0.4 is 10.5 Å². The van der Waals surface area contributed by atoms with Crippen LogP contribution in [0.4, 0.5) is 0 Å². The Morgan fingerprint density at radius 3 is 2.30 bits per heavy atom. The summed E-state index contributed by atoms with van der Waals surface area (Å²) in [5.74, 6) is 1.67. The summed E-state index contributed by atoms with van der Waals surface area (Å²) >= 11 is 0. The van der Waals surface area contributed by atoms with Gasteiger partial charge < -0.3 is 5.32 Å². The largest absolute Gasteiger partial charge is 0.312 e. The number of sulfonamides is 1. The molecular weight excluding hydrogens is 272 g/mol. The van der Waals surface area contributed by atoms with Crippen molar-refractivity contribution in [2.24, 2.45) is 17.0 Å². The molecule has 1 saturated carbocycles. The summed E-state index contributed by atoms with van der Waals surface area (Å²) in [5, 5.41) is 8.54. The highest BCUT2D eigenvalue weighted by Crippen LogP contribution is 2.27. The van der Waals surface area contributed by atoms with E-state index >= 15 is 0 Å². The molecule has 0 aliphatic heterocycles. The number of benzene rings is 1. The molecule has 4 nitrogen and oxygen atoms in total. The van der Waals surface area contributed by atoms with Crippen molar-refractivity contribution in [1.29, 1.82) is 0 Å². The molecule has 20 heavy (non-hydrogen) atoms. The summed E-state index contributed by atoms with van der Waals surface area (Å²) in [5.41, 5.74) is 1.08. The molecule has 1 fully saturated rings. The fraction of sp³-hybridized carbons (Fsp3) is 0.600. The Kier molecular flexibility index (Phi) is 5.18. The van der Waals surface area contributed by atoms with Gasteiger partial charge in [-0.25, -0.2) is 13.6 Å². The Balaban J connectivity index is 1.77. The van der Waals surface area contributed by atoms with Crippen LogP contribution in [0.5, 0.6) is 0 Å². The van der Waals surface area contributed by atoms with E-state index in [2.05, 4.69) is 12.2 Å². The molecule has 0 aromatic heterocycles. The lowest BCUT2D eigenvalue weighted by Gasteiger charge is -2.26. The topological polar surface area (TPSA) is 72.2 Å². The lowest BCUT2D eigenvalue weighted by Crippen LogP contribution is -2.25. The van der Waals surface area contributed by atoms with Gasteiger partial charge in [0.2, 0.25) is 10.0 Å². The maximum atomic E-state index is 11.2. The molecule has 0 radical (unpaired) electrons. The predicted molar refractivity (Wildman–Crippen MR) is 80.6 cm³/mol. The molecular formula is C15H24N2O2S. The first kappa shape index (κ1) is 15.5. The van der Waals surface area contributed by atoms with Gasteiger partial charge in [0.1, 0.15) is 0 Å². The highest BCUT2D eigenvalue weighted by molar-refractivity contribution is 7.89. The van der Waals surface area contributed by atoms with Gasteiger partial charge in [0.05, 0.1) is 4.90 Å². The minimum Gasteiger partial charge on any atom is -0.312 e. The zero-order chi connectivity index (χ0) is 14.6. The van der Waals surface area contributed by atoms with Crippen molar-refractivity contribution in [2.75, 3.05) is 6.54 Å². The van der Waals surface area contributed by atoms with Gasteiger partial charge in [-0.1, -0.05) is 31.9 Å². The van der Waals surface area contributed by atoms with Crippen LogP contribution in [0, 0.1) is 11.8 Å². The first-order valence-electron chi connectivity index (χ1n) is 7.27. The molecule has 0 unspecified atom stereocenters. The van der Waals surface area contributed by atoms with Crippen LogP contribution in [-0.4, -0.2) is 15.0 Å². The van der Waals surface area contributed by atoms with Crippen LogP contribution in [-0.2, 0) is 16.6 Å². The van der Waals surface area contributed by atoms with E-state index in [4.69, 9.17) is 5.14 Å². The van der Waals surface area contributed by atoms with Gasteiger partial charge in [-0.3, -0.25) is 0 Å². The molecule has 0 saturated heterocycles. The smallest absolute Gasteiger partial charge is 0.238 e. The van der Waals surface area contributed by atoms with Gasteiger partial charge in [-0.2, -0.15) is 0 Å². The Hall–Kier alpha value is -0.910. The van der Waals surface area contributed by atoms with Crippen LogP contribution in [0.2, 0.25) is 0 Å². The second-order valence-electron chi connectivity index (χ2n) is 5.95. The highest BCUT2D eigenvalue weighted by Gasteiger charge is 2.17. The van der Waals surface area contributed by atoms with Crippen molar-refractivity contribution in [3.63, 3.8) is 0 Å². The van der Waals surface area contributed by atoms with Crippen molar-refractivity contribution in [2.45, 2.75) is 44.0 Å². The third-order valence-electron chi connectivity index (χ3n) is 4.15. The van der Waals surface area contributed by atoms with Crippen LogP contribution >= 0.6 is 0 Å². The fourth-order valence-corrected chi connectivity index (χ4v) is 3.27. The molecule has 0 atom stereocenters. The quantitative estimate of drug-likeness (QED) is 0.875. The van der Waals surface area contributed by atoms with E-state index in [0.29, 0.717) is 0 Å². The Labute approximate surface area is 121 Å². The van der Waals surface area contributed by atoms with Gasteiger partial charge >= 0.3 is 0 Å². The molecule has 5 heteroatoms. The Bertz CT molecular complexity index is 517. The van der Waals surface area contributed by atoms with Crippen molar-refractivity contribution < 1.29 is 8.42 Å². The van der Waals surface area contributed by atoms with Gasteiger partial charge in [0.15, 0.2) is 0 Å². The second-order valence-corrected chi connectivity index (χ2v) is 7.51. The Morgan fingerprint density at radius 2 is 1.75 bits per heavy atom. The second kappa shape index (κ2) is 6.70. The summed E-state index contributed by atoms with van der Waals surface area (Å²) in [6, 6.07) is 6.76.